The van der Waals surface area contributed by atoms with E-state index in [1.807, 2.05) is 0 Å². The lowest BCUT2D eigenvalue weighted by atomic mass is 9.79. The number of benzene rings is 6. The van der Waals surface area contributed by atoms with Crippen molar-refractivity contribution in [1.29, 1.82) is 0 Å². The van der Waals surface area contributed by atoms with Gasteiger partial charge >= 0.3 is 7.12 Å². The molecule has 0 spiro atoms. The number of fused-ring (bicyclic) bond motifs is 8. The maximum atomic E-state index is 6.45. The quantitative estimate of drug-likeness (QED) is 0.194. The van der Waals surface area contributed by atoms with Crippen LogP contribution in [0.5, 0.6) is 0 Å². The van der Waals surface area contributed by atoms with Gasteiger partial charge in [0.05, 0.1) is 33.3 Å². The summed E-state index contributed by atoms with van der Waals surface area (Å²) in [6.45, 7) is 8.41. The molecule has 0 saturated carbocycles. The van der Waals surface area contributed by atoms with Gasteiger partial charge in [-0.15, -0.1) is 0 Å². The van der Waals surface area contributed by atoms with Gasteiger partial charge < -0.3 is 18.4 Å². The third-order valence-electron chi connectivity index (χ3n) is 10.1. The Kier molecular flexibility index (Phi) is 5.51. The third-order valence-corrected chi connectivity index (χ3v) is 10.1. The molecule has 4 nitrogen and oxygen atoms in total. The summed E-state index contributed by atoms with van der Waals surface area (Å²) in [5, 5.41) is 7.53. The molecule has 2 aromatic heterocycles. The van der Waals surface area contributed by atoms with Gasteiger partial charge in [-0.05, 0) is 92.5 Å². The molecule has 0 unspecified atom stereocenters. The van der Waals surface area contributed by atoms with E-state index in [0.717, 1.165) is 16.8 Å². The summed E-state index contributed by atoms with van der Waals surface area (Å²) in [7, 11) is -0.427. The molecule has 0 N–H and O–H groups in total. The molecule has 0 radical (unpaired) electrons. The number of hydrogen-bond acceptors (Lipinski definition) is 2. The molecule has 0 aliphatic carbocycles. The van der Waals surface area contributed by atoms with Gasteiger partial charge in [0.25, 0.3) is 0 Å². The third kappa shape index (κ3) is 3.81. The fourth-order valence-corrected chi connectivity index (χ4v) is 7.17. The van der Waals surface area contributed by atoms with Gasteiger partial charge in [-0.1, -0.05) is 78.9 Å². The van der Waals surface area contributed by atoms with E-state index in [2.05, 4.69) is 164 Å². The van der Waals surface area contributed by atoms with Crippen LogP contribution in [0.2, 0.25) is 0 Å². The van der Waals surface area contributed by atoms with Gasteiger partial charge in [0.1, 0.15) is 0 Å². The van der Waals surface area contributed by atoms with E-state index in [9.17, 15) is 0 Å². The first-order valence-corrected chi connectivity index (χ1v) is 15.7. The largest absolute Gasteiger partial charge is 0.494 e. The van der Waals surface area contributed by atoms with E-state index < -0.39 is 18.3 Å². The van der Waals surface area contributed by atoms with Crippen molar-refractivity contribution in [2.24, 2.45) is 0 Å². The molecule has 1 fully saturated rings. The number of rotatable bonds is 3. The van der Waals surface area contributed by atoms with E-state index in [4.69, 9.17) is 9.31 Å². The molecule has 6 aromatic carbocycles. The predicted molar refractivity (Wildman–Crippen MR) is 188 cm³/mol. The Labute approximate surface area is 262 Å². The van der Waals surface area contributed by atoms with Crippen molar-refractivity contribution in [3.8, 4) is 11.4 Å². The van der Waals surface area contributed by atoms with Gasteiger partial charge in [-0.2, -0.15) is 0 Å². The Balaban J connectivity index is 1.36. The molecule has 0 bridgehead atoms. The molecule has 9 rings (SSSR count). The Morgan fingerprint density at radius 1 is 0.467 bits per heavy atom. The standard InChI is InChI=1S/C40H33BN2O2/c1-39(2)40(3,4)45-41(44-39)27-14-12-17-29(23-27)43-34-20-11-10-19-31(34)32-24-33-37(25-36(32)43)42(28-15-6-5-7-16-28)35-22-21-26-13-8-9-18-30(26)38(33)35/h5-25H,1-4H3. The second kappa shape index (κ2) is 9.34. The highest BCUT2D eigenvalue weighted by Gasteiger charge is 2.51. The van der Waals surface area contributed by atoms with Crippen molar-refractivity contribution in [1.82, 2.24) is 9.13 Å². The van der Waals surface area contributed by atoms with Crippen molar-refractivity contribution < 1.29 is 9.31 Å². The second-order valence-electron chi connectivity index (χ2n) is 13.3. The molecular weight excluding hydrogens is 551 g/mol. The lowest BCUT2D eigenvalue weighted by Gasteiger charge is -2.32. The number of aromatic nitrogens is 2. The van der Waals surface area contributed by atoms with E-state index in [1.165, 1.54) is 54.4 Å². The van der Waals surface area contributed by atoms with Crippen LogP contribution in [0.15, 0.2) is 127 Å². The van der Waals surface area contributed by atoms with Gasteiger partial charge in [-0.3, -0.25) is 0 Å². The topological polar surface area (TPSA) is 28.3 Å². The summed E-state index contributed by atoms with van der Waals surface area (Å²) in [5.74, 6) is 0. The normalized spacial score (nSPS) is 16.1. The second-order valence-corrected chi connectivity index (χ2v) is 13.3. The van der Waals surface area contributed by atoms with Crippen LogP contribution in [-0.2, 0) is 9.31 Å². The van der Waals surface area contributed by atoms with Crippen LogP contribution in [0, 0.1) is 0 Å². The van der Waals surface area contributed by atoms with Gasteiger partial charge in [0.2, 0.25) is 0 Å². The van der Waals surface area contributed by atoms with E-state index in [-0.39, 0.29) is 0 Å². The fourth-order valence-electron chi connectivity index (χ4n) is 7.17. The van der Waals surface area contributed by atoms with Crippen LogP contribution in [0.1, 0.15) is 27.7 Å². The van der Waals surface area contributed by atoms with Gasteiger partial charge in [0.15, 0.2) is 0 Å². The lowest BCUT2D eigenvalue weighted by molar-refractivity contribution is 0.00578. The zero-order chi connectivity index (χ0) is 30.5. The molecule has 1 saturated heterocycles. The Bertz CT molecular complexity index is 2440. The van der Waals surface area contributed by atoms with Crippen molar-refractivity contribution in [2.75, 3.05) is 0 Å². The Morgan fingerprint density at radius 2 is 1.11 bits per heavy atom. The molecule has 45 heavy (non-hydrogen) atoms. The Morgan fingerprint density at radius 3 is 1.91 bits per heavy atom. The van der Waals surface area contributed by atoms with E-state index >= 15 is 0 Å². The minimum absolute atomic E-state index is 0.402. The summed E-state index contributed by atoms with van der Waals surface area (Å²) in [6, 6.07) is 46.1. The molecule has 1 aliphatic heterocycles. The van der Waals surface area contributed by atoms with Crippen molar-refractivity contribution in [2.45, 2.75) is 38.9 Å². The maximum absolute atomic E-state index is 6.45. The fraction of sp³-hybridized carbons (Fsp3) is 0.150. The zero-order valence-electron chi connectivity index (χ0n) is 25.9. The molecule has 0 atom stereocenters. The maximum Gasteiger partial charge on any atom is 0.494 e. The van der Waals surface area contributed by atoms with Gasteiger partial charge in [-0.25, -0.2) is 0 Å². The highest BCUT2D eigenvalue weighted by molar-refractivity contribution is 6.62. The summed E-state index contributed by atoms with van der Waals surface area (Å²) >= 11 is 0. The van der Waals surface area contributed by atoms with Crippen LogP contribution in [0.3, 0.4) is 0 Å². The van der Waals surface area contributed by atoms with Crippen LogP contribution < -0.4 is 5.46 Å². The molecule has 0 amide bonds. The first kappa shape index (κ1) is 26.6. The predicted octanol–water partition coefficient (Wildman–Crippen LogP) is 9.33. The molecule has 1 aliphatic rings. The minimum Gasteiger partial charge on any atom is -0.399 e. The monoisotopic (exact) mass is 584 g/mol. The average molecular weight is 585 g/mol. The lowest BCUT2D eigenvalue weighted by Crippen LogP contribution is -2.41. The Hall–Kier alpha value is -4.84. The summed E-state index contributed by atoms with van der Waals surface area (Å²) in [5.41, 5.74) is 7.18. The number of para-hydroxylation sites is 2. The SMILES string of the molecule is CC1(C)OB(c2cccc(-n3c4ccccc4c4cc5c6c7ccccc7ccc6n(-c6ccccc6)c5cc43)c2)OC1(C)C. The highest BCUT2D eigenvalue weighted by Crippen LogP contribution is 2.42. The minimum atomic E-state index is -0.427. The summed E-state index contributed by atoms with van der Waals surface area (Å²) in [6.07, 6.45) is 0. The van der Waals surface area contributed by atoms with Crippen molar-refractivity contribution in [3.63, 3.8) is 0 Å². The first-order chi connectivity index (χ1) is 21.8. The van der Waals surface area contributed by atoms with Crippen LogP contribution >= 0.6 is 0 Å². The molecule has 8 aromatic rings. The number of nitrogens with zero attached hydrogens (tertiary/aromatic N) is 2. The molecule has 218 valence electrons. The first-order valence-electron chi connectivity index (χ1n) is 15.7. The average Bonchev–Trinajstić information content (AvgIpc) is 3.63. The smallest absolute Gasteiger partial charge is 0.399 e. The van der Waals surface area contributed by atoms with Crippen molar-refractivity contribution in [3.05, 3.63) is 127 Å². The van der Waals surface area contributed by atoms with Crippen LogP contribution in [-0.4, -0.2) is 27.5 Å². The summed E-state index contributed by atoms with van der Waals surface area (Å²) in [4.78, 5) is 0. The molecule has 5 heteroatoms. The molecular formula is C40H33BN2O2. The van der Waals surface area contributed by atoms with Crippen LogP contribution in [0.4, 0.5) is 0 Å². The summed E-state index contributed by atoms with van der Waals surface area (Å²) < 4.78 is 17.7. The highest BCUT2D eigenvalue weighted by atomic mass is 16.7. The van der Waals surface area contributed by atoms with E-state index in [1.54, 1.807) is 0 Å². The van der Waals surface area contributed by atoms with Crippen LogP contribution in [0.25, 0.3) is 65.8 Å². The number of hydrogen-bond donors (Lipinski definition) is 0. The van der Waals surface area contributed by atoms with Crippen molar-refractivity contribution >= 4 is 67.0 Å². The van der Waals surface area contributed by atoms with Gasteiger partial charge in [0, 0.05) is 32.9 Å². The molecule has 3 heterocycles. The van der Waals surface area contributed by atoms with E-state index in [0.29, 0.717) is 0 Å². The zero-order valence-corrected chi connectivity index (χ0v) is 25.9.